The molecule has 0 heterocycles. The molecule has 0 radical (unpaired) electrons. The first-order valence-corrected chi connectivity index (χ1v) is 5.77. The third-order valence-corrected chi connectivity index (χ3v) is 2.50. The van der Waals surface area contributed by atoms with Crippen molar-refractivity contribution in [2.45, 2.75) is 13.1 Å². The van der Waals surface area contributed by atoms with Crippen molar-refractivity contribution < 1.29 is 22.4 Å². The molecule has 18 heavy (non-hydrogen) atoms. The third-order valence-electron chi connectivity index (χ3n) is 1.81. The summed E-state index contributed by atoms with van der Waals surface area (Å²) in [5.41, 5.74) is -1.14. The molecule has 0 bridgehead atoms. The molecule has 1 aromatic rings. The molecule has 0 unspecified atom stereocenters. The van der Waals surface area contributed by atoms with E-state index < -0.39 is 17.6 Å². The maximum Gasteiger partial charge on any atom is 0.416 e. The minimum absolute atomic E-state index is 0.0634. The van der Waals surface area contributed by atoms with Crippen LogP contribution in [0.25, 0.3) is 0 Å². The summed E-state index contributed by atoms with van der Waals surface area (Å²) in [5, 5.41) is -0.139. The first-order valence-electron chi connectivity index (χ1n) is 4.79. The third kappa shape index (κ3) is 4.80. The van der Waals surface area contributed by atoms with Crippen LogP contribution in [0.1, 0.15) is 18.1 Å². The van der Waals surface area contributed by atoms with Crippen LogP contribution < -0.4 is 0 Å². The van der Waals surface area contributed by atoms with Crippen LogP contribution in [0.5, 0.6) is 0 Å². The molecule has 0 amide bonds. The average molecular weight is 276 g/mol. The van der Waals surface area contributed by atoms with Crippen molar-refractivity contribution in [2.75, 3.05) is 5.75 Å². The summed E-state index contributed by atoms with van der Waals surface area (Å²) in [4.78, 5) is 10.6. The van der Waals surface area contributed by atoms with Crippen LogP contribution in [0, 0.1) is 17.7 Å². The second-order valence-corrected chi connectivity index (χ2v) is 4.46. The van der Waals surface area contributed by atoms with Gasteiger partial charge in [0.05, 0.1) is 11.3 Å². The van der Waals surface area contributed by atoms with Crippen LogP contribution in [-0.4, -0.2) is 10.9 Å². The fourth-order valence-corrected chi connectivity index (χ4v) is 1.45. The molecule has 0 saturated heterocycles. The molecule has 1 nitrogen and oxygen atoms in total. The molecule has 96 valence electrons. The molecular formula is C12H8F4OS. The van der Waals surface area contributed by atoms with E-state index in [4.69, 9.17) is 0 Å². The van der Waals surface area contributed by atoms with E-state index >= 15 is 0 Å². The fraction of sp³-hybridized carbons (Fsp3) is 0.250. The molecule has 0 aromatic heterocycles. The van der Waals surface area contributed by atoms with Gasteiger partial charge in [0, 0.05) is 12.5 Å². The van der Waals surface area contributed by atoms with Gasteiger partial charge in [-0.15, -0.1) is 0 Å². The zero-order valence-corrected chi connectivity index (χ0v) is 10.1. The van der Waals surface area contributed by atoms with Gasteiger partial charge in [0.25, 0.3) is 0 Å². The van der Waals surface area contributed by atoms with E-state index in [1.807, 2.05) is 0 Å². The molecule has 0 aliphatic carbocycles. The standard InChI is InChI=1S/C12H8F4OS/c1-8(17)18-4-2-3-9-5-10(12(14,15)16)7-11(13)6-9/h5-7H,4H2,1H3. The van der Waals surface area contributed by atoms with E-state index in [2.05, 4.69) is 11.8 Å². The minimum Gasteiger partial charge on any atom is -0.288 e. The van der Waals surface area contributed by atoms with Gasteiger partial charge in [-0.05, 0) is 18.2 Å². The lowest BCUT2D eigenvalue weighted by molar-refractivity contribution is -0.137. The van der Waals surface area contributed by atoms with Crippen LogP contribution in [-0.2, 0) is 11.0 Å². The first kappa shape index (κ1) is 14.6. The summed E-state index contributed by atoms with van der Waals surface area (Å²) < 4.78 is 50.1. The van der Waals surface area contributed by atoms with E-state index in [-0.39, 0.29) is 16.4 Å². The average Bonchev–Trinajstić information content (AvgIpc) is 2.22. The van der Waals surface area contributed by atoms with Crippen molar-refractivity contribution >= 4 is 16.9 Å². The Bertz CT molecular complexity index is 511. The highest BCUT2D eigenvalue weighted by atomic mass is 32.2. The predicted molar refractivity (Wildman–Crippen MR) is 61.4 cm³/mol. The van der Waals surface area contributed by atoms with Crippen LogP contribution in [0.2, 0.25) is 0 Å². The van der Waals surface area contributed by atoms with Gasteiger partial charge < -0.3 is 0 Å². The highest BCUT2D eigenvalue weighted by Crippen LogP contribution is 2.30. The monoisotopic (exact) mass is 276 g/mol. The van der Waals surface area contributed by atoms with E-state index in [9.17, 15) is 22.4 Å². The van der Waals surface area contributed by atoms with Crippen molar-refractivity contribution in [3.8, 4) is 11.8 Å². The van der Waals surface area contributed by atoms with E-state index in [0.29, 0.717) is 6.07 Å². The Kier molecular flexibility index (Phi) is 4.79. The Morgan fingerprint density at radius 3 is 2.56 bits per heavy atom. The molecule has 0 atom stereocenters. The predicted octanol–water partition coefficient (Wildman–Crippen LogP) is 3.48. The number of hydrogen-bond acceptors (Lipinski definition) is 2. The number of rotatable bonds is 1. The summed E-state index contributed by atoms with van der Waals surface area (Å²) in [6.45, 7) is 1.36. The lowest BCUT2D eigenvalue weighted by Crippen LogP contribution is -2.05. The lowest BCUT2D eigenvalue weighted by atomic mass is 10.1. The zero-order chi connectivity index (χ0) is 13.8. The Morgan fingerprint density at radius 2 is 2.00 bits per heavy atom. The van der Waals surface area contributed by atoms with Crippen molar-refractivity contribution in [2.24, 2.45) is 0 Å². The van der Waals surface area contributed by atoms with Gasteiger partial charge in [0.2, 0.25) is 0 Å². The molecule has 6 heteroatoms. The van der Waals surface area contributed by atoms with Crippen LogP contribution in [0.15, 0.2) is 18.2 Å². The van der Waals surface area contributed by atoms with Gasteiger partial charge in [-0.3, -0.25) is 4.79 Å². The van der Waals surface area contributed by atoms with Crippen LogP contribution in [0.4, 0.5) is 17.6 Å². The van der Waals surface area contributed by atoms with Crippen molar-refractivity contribution in [3.63, 3.8) is 0 Å². The summed E-state index contributed by atoms with van der Waals surface area (Å²) in [7, 11) is 0. The van der Waals surface area contributed by atoms with Gasteiger partial charge >= 0.3 is 6.18 Å². The number of halogens is 4. The molecule has 0 aliphatic rings. The maximum atomic E-state index is 13.0. The summed E-state index contributed by atoms with van der Waals surface area (Å²) in [6, 6.07) is 2.10. The van der Waals surface area contributed by atoms with Crippen LogP contribution >= 0.6 is 11.8 Å². The van der Waals surface area contributed by atoms with Crippen LogP contribution in [0.3, 0.4) is 0 Å². The number of thioether (sulfide) groups is 1. The normalized spacial score (nSPS) is 10.7. The highest BCUT2D eigenvalue weighted by Gasteiger charge is 2.31. The highest BCUT2D eigenvalue weighted by molar-refractivity contribution is 8.13. The second-order valence-electron chi connectivity index (χ2n) is 3.31. The Labute approximate surface area is 106 Å². The summed E-state index contributed by atoms with van der Waals surface area (Å²) in [6.07, 6.45) is -4.60. The molecule has 0 spiro atoms. The molecule has 1 aromatic carbocycles. The molecular weight excluding hydrogens is 268 g/mol. The number of carbonyl (C=O) groups is 1. The van der Waals surface area contributed by atoms with Crippen molar-refractivity contribution in [3.05, 3.63) is 35.1 Å². The van der Waals surface area contributed by atoms with Gasteiger partial charge in [-0.2, -0.15) is 13.2 Å². The Hall–Kier alpha value is -1.48. The fourth-order valence-electron chi connectivity index (χ4n) is 1.10. The smallest absolute Gasteiger partial charge is 0.288 e. The minimum atomic E-state index is -4.60. The molecule has 1 rings (SSSR count). The molecule has 0 fully saturated rings. The van der Waals surface area contributed by atoms with E-state index in [0.717, 1.165) is 23.9 Å². The molecule has 0 saturated carbocycles. The largest absolute Gasteiger partial charge is 0.416 e. The topological polar surface area (TPSA) is 17.1 Å². The zero-order valence-electron chi connectivity index (χ0n) is 9.27. The van der Waals surface area contributed by atoms with E-state index in [1.165, 1.54) is 6.92 Å². The number of benzene rings is 1. The quantitative estimate of drug-likeness (QED) is 0.577. The van der Waals surface area contributed by atoms with Crippen molar-refractivity contribution in [1.29, 1.82) is 0 Å². The molecule has 0 aliphatic heterocycles. The molecule has 0 N–H and O–H groups in total. The Balaban J connectivity index is 2.90. The van der Waals surface area contributed by atoms with Gasteiger partial charge in [0.15, 0.2) is 5.12 Å². The SMILES string of the molecule is CC(=O)SCC#Cc1cc(F)cc(C(F)(F)F)c1. The van der Waals surface area contributed by atoms with E-state index in [1.54, 1.807) is 0 Å². The number of carbonyl (C=O) groups excluding carboxylic acids is 1. The summed E-state index contributed by atoms with van der Waals surface area (Å²) in [5.74, 6) is 4.05. The second kappa shape index (κ2) is 5.91. The first-order chi connectivity index (χ1) is 8.29. The van der Waals surface area contributed by atoms with Gasteiger partial charge in [-0.25, -0.2) is 4.39 Å². The van der Waals surface area contributed by atoms with Crippen molar-refractivity contribution in [1.82, 2.24) is 0 Å². The lowest BCUT2D eigenvalue weighted by Gasteiger charge is -2.06. The summed E-state index contributed by atoms with van der Waals surface area (Å²) >= 11 is 0.936. The van der Waals surface area contributed by atoms with Gasteiger partial charge in [0.1, 0.15) is 5.82 Å². The Morgan fingerprint density at radius 1 is 1.33 bits per heavy atom. The van der Waals surface area contributed by atoms with Gasteiger partial charge in [-0.1, -0.05) is 23.6 Å². The number of alkyl halides is 3. The maximum absolute atomic E-state index is 13.0. The number of hydrogen-bond donors (Lipinski definition) is 0.